The number of aliphatic hydroxyl groups is 3. The fourth-order valence-electron chi connectivity index (χ4n) is 4.95. The Kier molecular flexibility index (Phi) is 10.3. The number of carbonyl (C=O) groups is 4. The van der Waals surface area contributed by atoms with Gasteiger partial charge in [-0.15, -0.1) is 0 Å². The largest absolute Gasteiger partial charge is 0.508 e. The summed E-state index contributed by atoms with van der Waals surface area (Å²) in [6.07, 6.45) is -5.26. The number of hydrogen-bond donors (Lipinski definition) is 4. The van der Waals surface area contributed by atoms with E-state index in [-0.39, 0.29) is 34.6 Å². The fourth-order valence-corrected chi connectivity index (χ4v) is 4.95. The van der Waals surface area contributed by atoms with Crippen molar-refractivity contribution in [3.63, 3.8) is 0 Å². The number of allylic oxidation sites excluding steroid dienone is 1. The van der Waals surface area contributed by atoms with Crippen molar-refractivity contribution >= 4 is 23.7 Å². The number of ketones is 1. The van der Waals surface area contributed by atoms with Crippen LogP contribution in [-0.4, -0.2) is 87.0 Å². The third kappa shape index (κ3) is 7.67. The summed E-state index contributed by atoms with van der Waals surface area (Å²) in [6.45, 7) is -1.11. The number of aromatic hydroxyl groups is 1. The summed E-state index contributed by atoms with van der Waals surface area (Å²) in [5.41, 5.74) is -2.06. The zero-order valence-corrected chi connectivity index (χ0v) is 24.8. The van der Waals surface area contributed by atoms with Gasteiger partial charge < -0.3 is 44.1 Å². The van der Waals surface area contributed by atoms with Crippen LogP contribution in [0.3, 0.4) is 0 Å². The molecule has 0 spiro atoms. The van der Waals surface area contributed by atoms with Crippen molar-refractivity contribution < 1.29 is 63.3 Å². The molecule has 1 aliphatic heterocycles. The summed E-state index contributed by atoms with van der Waals surface area (Å²) in [4.78, 5) is 50.5. The van der Waals surface area contributed by atoms with E-state index in [4.69, 9.17) is 23.7 Å². The molecule has 6 atom stereocenters. The zero-order chi connectivity index (χ0) is 33.6. The molecule has 1 unspecified atom stereocenters. The van der Waals surface area contributed by atoms with Crippen molar-refractivity contribution in [3.05, 3.63) is 108 Å². The molecule has 246 valence electrons. The Bertz CT molecular complexity index is 1620. The van der Waals surface area contributed by atoms with E-state index in [1.165, 1.54) is 48.5 Å². The third-order valence-electron chi connectivity index (χ3n) is 7.56. The summed E-state index contributed by atoms with van der Waals surface area (Å²) in [6, 6.07) is 19.6. The van der Waals surface area contributed by atoms with Crippen molar-refractivity contribution in [2.24, 2.45) is 0 Å². The molecule has 1 saturated heterocycles. The summed E-state index contributed by atoms with van der Waals surface area (Å²) in [5, 5.41) is 42.8. The topological polar surface area (TPSA) is 195 Å². The lowest BCUT2D eigenvalue weighted by atomic mass is 9.90. The highest BCUT2D eigenvalue weighted by molar-refractivity contribution is 6.09. The number of rotatable bonds is 10. The number of benzene rings is 3. The minimum atomic E-state index is -2.47. The van der Waals surface area contributed by atoms with Crippen LogP contribution in [-0.2, 0) is 35.1 Å². The second-order valence-electron chi connectivity index (χ2n) is 10.8. The normalized spacial score (nSPS) is 25.4. The summed E-state index contributed by atoms with van der Waals surface area (Å²) >= 11 is 0. The lowest BCUT2D eigenvalue weighted by Gasteiger charge is -2.41. The number of ether oxygens (including phenoxy) is 5. The summed E-state index contributed by atoms with van der Waals surface area (Å²) in [5.74, 6) is -3.90. The number of phenolic OH excluding ortho intramolecular Hbond substituents is 1. The van der Waals surface area contributed by atoms with Gasteiger partial charge in [0.15, 0.2) is 11.9 Å². The van der Waals surface area contributed by atoms with E-state index in [1.54, 1.807) is 36.4 Å². The molecule has 13 heteroatoms. The van der Waals surface area contributed by atoms with Gasteiger partial charge in [-0.1, -0.05) is 42.5 Å². The van der Waals surface area contributed by atoms with Crippen LogP contribution in [0.15, 0.2) is 91.0 Å². The van der Waals surface area contributed by atoms with Crippen molar-refractivity contribution in [1.29, 1.82) is 0 Å². The van der Waals surface area contributed by atoms with E-state index in [0.717, 1.165) is 6.08 Å². The molecule has 0 bridgehead atoms. The average Bonchev–Trinajstić information content (AvgIpc) is 3.09. The molecule has 1 fully saturated rings. The predicted octanol–water partition coefficient (Wildman–Crippen LogP) is 1.99. The van der Waals surface area contributed by atoms with E-state index in [2.05, 4.69) is 0 Å². The van der Waals surface area contributed by atoms with Gasteiger partial charge in [-0.3, -0.25) is 4.79 Å². The molecule has 1 heterocycles. The number of hydrogen-bond acceptors (Lipinski definition) is 13. The number of phenols is 1. The van der Waals surface area contributed by atoms with Crippen molar-refractivity contribution in [2.75, 3.05) is 6.61 Å². The molecule has 3 aromatic carbocycles. The fraction of sp³-hybridized carbons (Fsp3) is 0.294. The zero-order valence-electron chi connectivity index (χ0n) is 24.8. The standard InChI is InChI=1S/C34H32O13/c35-23-14-15-24(22(17-23)18-44-33(41)34(42)16-8-7-13-26(34)36)45-32-29(47-31(40)21-11-5-2-6-12-21)28(38)27(37)25(46-32)19-43-30(39)20-9-3-1-4-10-20/h1-6,8-12,14-17,25,27-29,32,35,37-38,42H,7,13,18-19H2/t25-,27-,28+,29-,32-,34?/m1/s1. The Morgan fingerprint density at radius 2 is 1.53 bits per heavy atom. The molecule has 47 heavy (non-hydrogen) atoms. The van der Waals surface area contributed by atoms with Crippen LogP contribution in [0.2, 0.25) is 0 Å². The number of aliphatic hydroxyl groups excluding tert-OH is 2. The van der Waals surface area contributed by atoms with Gasteiger partial charge >= 0.3 is 17.9 Å². The Balaban J connectivity index is 1.37. The second kappa shape index (κ2) is 14.6. The van der Waals surface area contributed by atoms with Crippen molar-refractivity contribution in [3.8, 4) is 11.5 Å². The van der Waals surface area contributed by atoms with Crippen LogP contribution in [0, 0.1) is 0 Å². The second-order valence-corrected chi connectivity index (χ2v) is 10.8. The first-order chi connectivity index (χ1) is 22.6. The van der Waals surface area contributed by atoms with Gasteiger partial charge in [-0.25, -0.2) is 14.4 Å². The minimum Gasteiger partial charge on any atom is -0.508 e. The highest BCUT2D eigenvalue weighted by atomic mass is 16.7. The first-order valence-electron chi connectivity index (χ1n) is 14.7. The summed E-state index contributed by atoms with van der Waals surface area (Å²) in [7, 11) is 0. The van der Waals surface area contributed by atoms with Gasteiger partial charge in [0.05, 0.1) is 11.1 Å². The smallest absolute Gasteiger partial charge is 0.350 e. The van der Waals surface area contributed by atoms with Gasteiger partial charge in [-0.2, -0.15) is 0 Å². The molecule has 4 N–H and O–H groups in total. The average molecular weight is 649 g/mol. The number of esters is 3. The quantitative estimate of drug-likeness (QED) is 0.108. The monoisotopic (exact) mass is 648 g/mol. The van der Waals surface area contributed by atoms with Crippen molar-refractivity contribution in [2.45, 2.75) is 55.8 Å². The first-order valence-corrected chi connectivity index (χ1v) is 14.7. The molecule has 2 aliphatic rings. The molecule has 0 aromatic heterocycles. The van der Waals surface area contributed by atoms with Crippen LogP contribution in [0.25, 0.3) is 0 Å². The maximum atomic E-state index is 13.0. The van der Waals surface area contributed by atoms with Gasteiger partial charge in [0, 0.05) is 12.0 Å². The van der Waals surface area contributed by atoms with Gasteiger partial charge in [-0.05, 0) is 55.0 Å². The third-order valence-corrected chi connectivity index (χ3v) is 7.56. The van der Waals surface area contributed by atoms with E-state index in [1.807, 2.05) is 0 Å². The predicted molar refractivity (Wildman–Crippen MR) is 160 cm³/mol. The Hall–Kier alpha value is -5.08. The molecule has 0 amide bonds. The summed E-state index contributed by atoms with van der Waals surface area (Å²) < 4.78 is 27.9. The van der Waals surface area contributed by atoms with Crippen LogP contribution in [0.4, 0.5) is 0 Å². The van der Waals surface area contributed by atoms with Gasteiger partial charge in [0.25, 0.3) is 0 Å². The maximum absolute atomic E-state index is 13.0. The van der Waals surface area contributed by atoms with Gasteiger partial charge in [0.2, 0.25) is 11.9 Å². The molecule has 13 nitrogen and oxygen atoms in total. The van der Waals surface area contributed by atoms with Crippen LogP contribution in [0.1, 0.15) is 39.1 Å². The number of Topliss-reactive ketones (excluding diaryl/α,β-unsaturated/α-hetero) is 1. The molecule has 1 aliphatic carbocycles. The molecule has 3 aromatic rings. The Morgan fingerprint density at radius 3 is 2.19 bits per heavy atom. The van der Waals surface area contributed by atoms with Gasteiger partial charge in [0.1, 0.15) is 43.0 Å². The van der Waals surface area contributed by atoms with E-state index in [0.29, 0.717) is 6.42 Å². The molecule has 0 saturated carbocycles. The minimum absolute atomic E-state index is 0.0404. The highest BCUT2D eigenvalue weighted by Crippen LogP contribution is 2.32. The molecule has 0 radical (unpaired) electrons. The highest BCUT2D eigenvalue weighted by Gasteiger charge is 2.49. The lowest BCUT2D eigenvalue weighted by molar-refractivity contribution is -0.276. The van der Waals surface area contributed by atoms with E-state index in [9.17, 15) is 39.6 Å². The van der Waals surface area contributed by atoms with Crippen LogP contribution in [0.5, 0.6) is 11.5 Å². The maximum Gasteiger partial charge on any atom is 0.350 e. The Morgan fingerprint density at radius 1 is 0.872 bits per heavy atom. The van der Waals surface area contributed by atoms with Crippen LogP contribution < -0.4 is 4.74 Å². The van der Waals surface area contributed by atoms with Crippen molar-refractivity contribution in [1.82, 2.24) is 0 Å². The van der Waals surface area contributed by atoms with Crippen LogP contribution >= 0.6 is 0 Å². The SMILES string of the molecule is O=C(OC[C@H]1O[C@@H](Oc2ccc(O)cc2COC(=O)C2(O)C=CCCC2=O)[C@H](OC(=O)c2ccccc2)[C@@H](O)[C@@H]1O)c1ccccc1. The molecular formula is C34H32O13. The molecular weight excluding hydrogens is 616 g/mol. The number of carbonyl (C=O) groups excluding carboxylic acids is 4. The first kappa shape index (κ1) is 33.3. The Labute approximate surface area is 268 Å². The van der Waals surface area contributed by atoms with E-state index < -0.39 is 73.2 Å². The molecule has 5 rings (SSSR count). The lowest BCUT2D eigenvalue weighted by Crippen LogP contribution is -2.61. The van der Waals surface area contributed by atoms with E-state index >= 15 is 0 Å².